The van der Waals surface area contributed by atoms with Gasteiger partial charge in [0.2, 0.25) is 0 Å². The molecule has 0 aliphatic carbocycles. The molecule has 0 atom stereocenters. The summed E-state index contributed by atoms with van der Waals surface area (Å²) in [6, 6.07) is 11.9. The van der Waals surface area contributed by atoms with Gasteiger partial charge in [-0.05, 0) is 56.3 Å². The molecule has 0 spiro atoms. The van der Waals surface area contributed by atoms with Crippen molar-refractivity contribution >= 4 is 17.2 Å². The number of nitrogens with two attached hydrogens (primary N) is 2. The van der Waals surface area contributed by atoms with Crippen molar-refractivity contribution < 1.29 is 9.53 Å². The number of anilines is 2. The van der Waals surface area contributed by atoms with Crippen LogP contribution < -0.4 is 16.2 Å². The average Bonchev–Trinajstić information content (AvgIpc) is 2.38. The summed E-state index contributed by atoms with van der Waals surface area (Å²) in [7, 11) is 0. The van der Waals surface area contributed by atoms with Crippen LogP contribution in [0.15, 0.2) is 42.5 Å². The Hall–Kier alpha value is -2.49. The minimum atomic E-state index is -0.126. The van der Waals surface area contributed by atoms with E-state index < -0.39 is 0 Å². The number of ketones is 1. The van der Waals surface area contributed by atoms with Crippen molar-refractivity contribution in [3.05, 3.63) is 53.6 Å². The van der Waals surface area contributed by atoms with Crippen LogP contribution in [0, 0.1) is 0 Å². The van der Waals surface area contributed by atoms with Crippen LogP contribution in [-0.4, -0.2) is 11.9 Å². The lowest BCUT2D eigenvalue weighted by Gasteiger charge is -2.10. The number of rotatable bonds is 4. The third-order valence-electron chi connectivity index (χ3n) is 2.81. The molecule has 0 amide bonds. The molecule has 104 valence electrons. The minimum absolute atomic E-state index is 0.101. The highest BCUT2D eigenvalue weighted by Crippen LogP contribution is 2.21. The second-order valence-electron chi connectivity index (χ2n) is 4.87. The summed E-state index contributed by atoms with van der Waals surface area (Å²) in [6.45, 7) is 3.91. The van der Waals surface area contributed by atoms with Gasteiger partial charge in [-0.1, -0.05) is 0 Å². The lowest BCUT2D eigenvalue weighted by atomic mass is 10.0. The predicted octanol–water partition coefficient (Wildman–Crippen LogP) is 2.87. The molecule has 4 heteroatoms. The van der Waals surface area contributed by atoms with E-state index in [1.807, 2.05) is 13.8 Å². The van der Waals surface area contributed by atoms with E-state index in [2.05, 4.69) is 0 Å². The van der Waals surface area contributed by atoms with Gasteiger partial charge in [-0.2, -0.15) is 0 Å². The van der Waals surface area contributed by atoms with Gasteiger partial charge in [0.25, 0.3) is 0 Å². The van der Waals surface area contributed by atoms with Crippen molar-refractivity contribution in [2.45, 2.75) is 20.0 Å². The minimum Gasteiger partial charge on any atom is -0.491 e. The lowest BCUT2D eigenvalue weighted by molar-refractivity contribution is 0.103. The number of ether oxygens (including phenoxy) is 1. The fourth-order valence-corrected chi connectivity index (χ4v) is 1.90. The normalized spacial score (nSPS) is 10.6. The molecule has 0 saturated carbocycles. The highest BCUT2D eigenvalue weighted by atomic mass is 16.5. The average molecular weight is 270 g/mol. The highest BCUT2D eigenvalue weighted by molar-refractivity contribution is 6.12. The fraction of sp³-hybridized carbons (Fsp3) is 0.188. The Bertz CT molecular complexity index is 619. The largest absolute Gasteiger partial charge is 0.491 e. The van der Waals surface area contributed by atoms with Gasteiger partial charge in [-0.3, -0.25) is 4.79 Å². The fourth-order valence-electron chi connectivity index (χ4n) is 1.90. The molecule has 2 aromatic rings. The molecule has 0 aromatic heterocycles. The van der Waals surface area contributed by atoms with E-state index in [9.17, 15) is 4.79 Å². The van der Waals surface area contributed by atoms with Crippen LogP contribution in [0.25, 0.3) is 0 Å². The van der Waals surface area contributed by atoms with Crippen molar-refractivity contribution in [3.63, 3.8) is 0 Å². The Balaban J connectivity index is 2.25. The van der Waals surface area contributed by atoms with Crippen LogP contribution in [0.3, 0.4) is 0 Å². The Morgan fingerprint density at radius 2 is 1.70 bits per heavy atom. The van der Waals surface area contributed by atoms with Gasteiger partial charge in [-0.15, -0.1) is 0 Å². The van der Waals surface area contributed by atoms with E-state index >= 15 is 0 Å². The van der Waals surface area contributed by atoms with Gasteiger partial charge in [0.15, 0.2) is 5.78 Å². The standard InChI is InChI=1S/C16H18N2O2/c1-10(2)20-13-6-3-11(4-7-13)16(19)14-8-5-12(17)9-15(14)18/h3-10H,17-18H2,1-2H3. The SMILES string of the molecule is CC(C)Oc1ccc(C(=O)c2ccc(N)cc2N)cc1. The lowest BCUT2D eigenvalue weighted by Crippen LogP contribution is -2.07. The molecule has 0 aliphatic rings. The Morgan fingerprint density at radius 3 is 2.25 bits per heavy atom. The summed E-state index contributed by atoms with van der Waals surface area (Å²) in [5.74, 6) is 0.612. The zero-order valence-electron chi connectivity index (χ0n) is 11.6. The Morgan fingerprint density at radius 1 is 1.05 bits per heavy atom. The van der Waals surface area contributed by atoms with Gasteiger partial charge in [0, 0.05) is 22.5 Å². The molecular formula is C16H18N2O2. The molecule has 0 unspecified atom stereocenters. The van der Waals surface area contributed by atoms with Crippen molar-refractivity contribution in [3.8, 4) is 5.75 Å². The summed E-state index contributed by atoms with van der Waals surface area (Å²) in [5.41, 5.74) is 13.4. The second kappa shape index (κ2) is 5.65. The predicted molar refractivity (Wildman–Crippen MR) is 80.9 cm³/mol. The van der Waals surface area contributed by atoms with Crippen molar-refractivity contribution in [1.29, 1.82) is 0 Å². The molecule has 0 bridgehead atoms. The van der Waals surface area contributed by atoms with E-state index in [0.717, 1.165) is 5.75 Å². The van der Waals surface area contributed by atoms with Crippen LogP contribution in [0.2, 0.25) is 0 Å². The Labute approximate surface area is 118 Å². The first kappa shape index (κ1) is 13.9. The van der Waals surface area contributed by atoms with Crippen LogP contribution in [0.4, 0.5) is 11.4 Å². The van der Waals surface area contributed by atoms with Gasteiger partial charge in [0.05, 0.1) is 6.10 Å². The van der Waals surface area contributed by atoms with Crippen molar-refractivity contribution in [2.24, 2.45) is 0 Å². The first-order valence-corrected chi connectivity index (χ1v) is 6.44. The smallest absolute Gasteiger partial charge is 0.195 e. The number of carbonyl (C=O) groups excluding carboxylic acids is 1. The first-order chi connectivity index (χ1) is 9.47. The van der Waals surface area contributed by atoms with Gasteiger partial charge in [-0.25, -0.2) is 0 Å². The maximum absolute atomic E-state index is 12.4. The van der Waals surface area contributed by atoms with Crippen molar-refractivity contribution in [2.75, 3.05) is 11.5 Å². The van der Waals surface area contributed by atoms with E-state index in [0.29, 0.717) is 22.5 Å². The molecule has 0 aliphatic heterocycles. The summed E-state index contributed by atoms with van der Waals surface area (Å²) in [6.07, 6.45) is 0.101. The number of carbonyl (C=O) groups is 1. The topological polar surface area (TPSA) is 78.3 Å². The van der Waals surface area contributed by atoms with Crippen LogP contribution in [0.1, 0.15) is 29.8 Å². The summed E-state index contributed by atoms with van der Waals surface area (Å²) >= 11 is 0. The quantitative estimate of drug-likeness (QED) is 0.661. The molecule has 2 rings (SSSR count). The second-order valence-corrected chi connectivity index (χ2v) is 4.87. The molecule has 0 radical (unpaired) electrons. The zero-order valence-corrected chi connectivity index (χ0v) is 11.6. The molecule has 2 aromatic carbocycles. The molecule has 4 nitrogen and oxygen atoms in total. The molecular weight excluding hydrogens is 252 g/mol. The van der Waals surface area contributed by atoms with E-state index in [4.69, 9.17) is 16.2 Å². The maximum atomic E-state index is 12.4. The molecule has 0 fully saturated rings. The molecule has 4 N–H and O–H groups in total. The Kier molecular flexibility index (Phi) is 3.94. The number of benzene rings is 2. The molecule has 20 heavy (non-hydrogen) atoms. The van der Waals surface area contributed by atoms with Gasteiger partial charge < -0.3 is 16.2 Å². The number of hydrogen-bond donors (Lipinski definition) is 2. The van der Waals surface area contributed by atoms with E-state index in [1.165, 1.54) is 0 Å². The third kappa shape index (κ3) is 3.09. The summed E-state index contributed by atoms with van der Waals surface area (Å²) < 4.78 is 5.54. The number of nitrogen functional groups attached to an aromatic ring is 2. The monoisotopic (exact) mass is 270 g/mol. The molecule has 0 heterocycles. The summed E-state index contributed by atoms with van der Waals surface area (Å²) in [5, 5.41) is 0. The zero-order chi connectivity index (χ0) is 14.7. The van der Waals surface area contributed by atoms with E-state index in [-0.39, 0.29) is 11.9 Å². The van der Waals surface area contributed by atoms with Crippen LogP contribution in [-0.2, 0) is 0 Å². The van der Waals surface area contributed by atoms with Gasteiger partial charge >= 0.3 is 0 Å². The third-order valence-corrected chi connectivity index (χ3v) is 2.81. The maximum Gasteiger partial charge on any atom is 0.195 e. The van der Waals surface area contributed by atoms with Crippen molar-refractivity contribution in [1.82, 2.24) is 0 Å². The summed E-state index contributed by atoms with van der Waals surface area (Å²) in [4.78, 5) is 12.4. The van der Waals surface area contributed by atoms with Crippen LogP contribution in [0.5, 0.6) is 5.75 Å². The van der Waals surface area contributed by atoms with E-state index in [1.54, 1.807) is 42.5 Å². The number of hydrogen-bond acceptors (Lipinski definition) is 4. The highest BCUT2D eigenvalue weighted by Gasteiger charge is 2.12. The van der Waals surface area contributed by atoms with Crippen LogP contribution >= 0.6 is 0 Å². The first-order valence-electron chi connectivity index (χ1n) is 6.44. The van der Waals surface area contributed by atoms with Gasteiger partial charge in [0.1, 0.15) is 5.75 Å². The molecule has 0 saturated heterocycles.